The molecule has 8 heteroatoms. The van der Waals surface area contributed by atoms with Gasteiger partial charge in [-0.1, -0.05) is 30.3 Å². The van der Waals surface area contributed by atoms with E-state index in [4.69, 9.17) is 16.5 Å². The highest BCUT2D eigenvalue weighted by atomic mass is 35.5. The Kier molecular flexibility index (Phi) is 9.52. The second kappa shape index (κ2) is 12.8. The summed E-state index contributed by atoms with van der Waals surface area (Å²) < 4.78 is 6.76. The van der Waals surface area contributed by atoms with Gasteiger partial charge in [-0.3, -0.25) is 4.79 Å². The minimum absolute atomic E-state index is 0.0369. The molecule has 3 rings (SSSR count). The largest absolute Gasteiger partial charge is 0.491 e. The number of urea groups is 1. The van der Waals surface area contributed by atoms with Crippen LogP contribution in [0.2, 0.25) is 0 Å². The van der Waals surface area contributed by atoms with Crippen molar-refractivity contribution in [3.63, 3.8) is 0 Å². The van der Waals surface area contributed by atoms with Crippen molar-refractivity contribution in [2.24, 2.45) is 0 Å². The zero-order valence-corrected chi connectivity index (χ0v) is 20.5. The number of aliphatic hydroxyl groups is 1. The van der Waals surface area contributed by atoms with Crippen molar-refractivity contribution in [1.29, 1.82) is 0 Å². The minimum atomic E-state index is -0.416. The van der Waals surface area contributed by atoms with Crippen molar-refractivity contribution < 1.29 is 19.4 Å². The third-order valence-electron chi connectivity index (χ3n) is 5.16. The standard InChI is InChI=1S/C27H30ClN3O4/c1-19(2)35-25-14-10-21(11-15-25)26(33)31(28)24(16-17-32)18-20-8-12-23(13-9-20)30-27(34)29-22-6-4-3-5-7-22/h3-15,19,24,32H,16-18H2,1-2H3,(H2,29,30,34)/t24-/m1/s1. The van der Waals surface area contributed by atoms with Gasteiger partial charge >= 0.3 is 6.03 Å². The summed E-state index contributed by atoms with van der Waals surface area (Å²) in [5.74, 6) is 0.327. The number of para-hydroxylation sites is 1. The van der Waals surface area contributed by atoms with Crippen LogP contribution in [-0.2, 0) is 6.42 Å². The molecule has 3 N–H and O–H groups in total. The summed E-state index contributed by atoms with van der Waals surface area (Å²) in [6.45, 7) is 3.75. The van der Waals surface area contributed by atoms with E-state index in [-0.39, 0.29) is 24.6 Å². The summed E-state index contributed by atoms with van der Waals surface area (Å²) in [6, 6.07) is 22.5. The van der Waals surface area contributed by atoms with E-state index in [1.54, 1.807) is 48.5 Å². The first-order chi connectivity index (χ1) is 16.9. The molecule has 0 heterocycles. The third kappa shape index (κ3) is 8.02. The smallest absolute Gasteiger partial charge is 0.323 e. The van der Waals surface area contributed by atoms with E-state index in [9.17, 15) is 14.7 Å². The molecule has 0 spiro atoms. The number of hydrogen-bond acceptors (Lipinski definition) is 4. The second-order valence-corrected chi connectivity index (χ2v) is 8.68. The number of halogens is 1. The van der Waals surface area contributed by atoms with Gasteiger partial charge in [0.25, 0.3) is 5.91 Å². The Hall–Kier alpha value is -3.55. The number of benzene rings is 3. The SMILES string of the molecule is CC(C)Oc1ccc(C(=O)N(Cl)[C@H](CCO)Cc2ccc(NC(=O)Nc3ccccc3)cc2)cc1. The van der Waals surface area contributed by atoms with Crippen molar-refractivity contribution in [3.05, 3.63) is 90.0 Å². The van der Waals surface area contributed by atoms with Crippen LogP contribution in [0.5, 0.6) is 5.75 Å². The van der Waals surface area contributed by atoms with E-state index < -0.39 is 6.04 Å². The van der Waals surface area contributed by atoms with Gasteiger partial charge in [0.2, 0.25) is 0 Å². The number of nitrogens with one attached hydrogen (secondary N) is 2. The van der Waals surface area contributed by atoms with Gasteiger partial charge in [-0.25, -0.2) is 9.21 Å². The molecule has 0 saturated carbocycles. The monoisotopic (exact) mass is 495 g/mol. The highest BCUT2D eigenvalue weighted by Gasteiger charge is 2.24. The van der Waals surface area contributed by atoms with E-state index in [0.717, 1.165) is 9.98 Å². The first-order valence-corrected chi connectivity index (χ1v) is 11.8. The highest BCUT2D eigenvalue weighted by Crippen LogP contribution is 2.21. The molecule has 0 bridgehead atoms. The molecule has 3 aromatic rings. The van der Waals surface area contributed by atoms with Crippen LogP contribution in [0.3, 0.4) is 0 Å². The summed E-state index contributed by atoms with van der Waals surface area (Å²) in [5.41, 5.74) is 2.67. The number of ether oxygens (including phenoxy) is 1. The van der Waals surface area contributed by atoms with E-state index in [0.29, 0.717) is 35.5 Å². The summed E-state index contributed by atoms with van der Waals surface area (Å²) in [7, 11) is 0. The van der Waals surface area contributed by atoms with Gasteiger partial charge in [-0.2, -0.15) is 0 Å². The Balaban J connectivity index is 1.60. The molecular weight excluding hydrogens is 466 g/mol. The molecule has 1 atom stereocenters. The Morgan fingerprint density at radius 3 is 2.09 bits per heavy atom. The van der Waals surface area contributed by atoms with E-state index in [2.05, 4.69) is 10.6 Å². The Labute approximate surface area is 210 Å². The van der Waals surface area contributed by atoms with Crippen LogP contribution in [0.1, 0.15) is 36.2 Å². The molecule has 0 aliphatic heterocycles. The molecule has 0 unspecified atom stereocenters. The Morgan fingerprint density at radius 1 is 0.914 bits per heavy atom. The first-order valence-electron chi connectivity index (χ1n) is 11.4. The average Bonchev–Trinajstić information content (AvgIpc) is 2.84. The lowest BCUT2D eigenvalue weighted by Gasteiger charge is -2.25. The van der Waals surface area contributed by atoms with Crippen molar-refractivity contribution >= 4 is 35.1 Å². The van der Waals surface area contributed by atoms with Gasteiger partial charge in [0.15, 0.2) is 0 Å². The molecule has 0 radical (unpaired) electrons. The number of carbonyl (C=O) groups is 2. The molecule has 0 aliphatic carbocycles. The normalized spacial score (nSPS) is 11.6. The average molecular weight is 496 g/mol. The summed E-state index contributed by atoms with van der Waals surface area (Å²) in [6.07, 6.45) is 0.805. The fraction of sp³-hybridized carbons (Fsp3) is 0.259. The number of rotatable bonds is 10. The van der Waals surface area contributed by atoms with Crippen LogP contribution >= 0.6 is 11.8 Å². The van der Waals surface area contributed by atoms with Gasteiger partial charge in [-0.15, -0.1) is 0 Å². The van der Waals surface area contributed by atoms with Gasteiger partial charge in [0.1, 0.15) is 5.75 Å². The van der Waals surface area contributed by atoms with E-state index >= 15 is 0 Å². The molecule has 184 valence electrons. The number of aliphatic hydroxyl groups excluding tert-OH is 1. The fourth-order valence-corrected chi connectivity index (χ4v) is 3.76. The predicted molar refractivity (Wildman–Crippen MR) is 139 cm³/mol. The van der Waals surface area contributed by atoms with Crippen molar-refractivity contribution in [2.45, 2.75) is 38.8 Å². The topological polar surface area (TPSA) is 90.9 Å². The molecule has 0 aromatic heterocycles. The molecule has 3 amide bonds. The summed E-state index contributed by atoms with van der Waals surface area (Å²) in [4.78, 5) is 25.1. The molecule has 3 aromatic carbocycles. The van der Waals surface area contributed by atoms with Crippen molar-refractivity contribution in [3.8, 4) is 5.75 Å². The second-order valence-electron chi connectivity index (χ2n) is 8.32. The Morgan fingerprint density at radius 2 is 1.51 bits per heavy atom. The number of hydrogen-bond donors (Lipinski definition) is 3. The number of amides is 3. The molecule has 7 nitrogen and oxygen atoms in total. The van der Waals surface area contributed by atoms with Crippen LogP contribution in [0.25, 0.3) is 0 Å². The summed E-state index contributed by atoms with van der Waals surface area (Å²) in [5, 5.41) is 15.1. The zero-order valence-electron chi connectivity index (χ0n) is 19.8. The molecule has 35 heavy (non-hydrogen) atoms. The maximum Gasteiger partial charge on any atom is 0.323 e. The Bertz CT molecular complexity index is 1090. The van der Waals surface area contributed by atoms with E-state index in [1.165, 1.54) is 0 Å². The molecular formula is C27H30ClN3O4. The van der Waals surface area contributed by atoms with Gasteiger partial charge in [-0.05, 0) is 80.8 Å². The van der Waals surface area contributed by atoms with Crippen LogP contribution in [-0.4, -0.2) is 40.2 Å². The van der Waals surface area contributed by atoms with Crippen LogP contribution in [0.15, 0.2) is 78.9 Å². The van der Waals surface area contributed by atoms with Gasteiger partial charge in [0, 0.05) is 35.3 Å². The maximum absolute atomic E-state index is 12.9. The van der Waals surface area contributed by atoms with Gasteiger partial charge in [0.05, 0.1) is 12.1 Å². The van der Waals surface area contributed by atoms with Crippen LogP contribution in [0.4, 0.5) is 16.2 Å². The molecule has 0 fully saturated rings. The summed E-state index contributed by atoms with van der Waals surface area (Å²) >= 11 is 6.44. The predicted octanol–water partition coefficient (Wildman–Crippen LogP) is 5.71. The number of anilines is 2. The molecule has 0 saturated heterocycles. The maximum atomic E-state index is 12.9. The zero-order chi connectivity index (χ0) is 25.2. The number of nitrogens with zero attached hydrogens (tertiary/aromatic N) is 1. The number of carbonyl (C=O) groups excluding carboxylic acids is 2. The lowest BCUT2D eigenvalue weighted by Crippen LogP contribution is -2.35. The van der Waals surface area contributed by atoms with Crippen LogP contribution in [0, 0.1) is 0 Å². The van der Waals surface area contributed by atoms with E-state index in [1.807, 2.05) is 44.2 Å². The molecule has 0 aliphatic rings. The first kappa shape index (κ1) is 26.1. The third-order valence-corrected chi connectivity index (χ3v) is 5.59. The van der Waals surface area contributed by atoms with Crippen LogP contribution < -0.4 is 15.4 Å². The quantitative estimate of drug-likeness (QED) is 0.314. The van der Waals surface area contributed by atoms with Crippen molar-refractivity contribution in [2.75, 3.05) is 17.2 Å². The van der Waals surface area contributed by atoms with Crippen molar-refractivity contribution in [1.82, 2.24) is 4.42 Å². The lowest BCUT2D eigenvalue weighted by atomic mass is 10.0. The van der Waals surface area contributed by atoms with Gasteiger partial charge < -0.3 is 20.5 Å². The fourth-order valence-electron chi connectivity index (χ4n) is 3.49. The highest BCUT2D eigenvalue weighted by molar-refractivity contribution is 6.24. The lowest BCUT2D eigenvalue weighted by molar-refractivity contribution is 0.0807. The minimum Gasteiger partial charge on any atom is -0.491 e.